The monoisotopic (exact) mass is 279 g/mol. The van der Waals surface area contributed by atoms with Crippen molar-refractivity contribution in [2.24, 2.45) is 0 Å². The van der Waals surface area contributed by atoms with E-state index in [1.165, 1.54) is 12.1 Å². The summed E-state index contributed by atoms with van der Waals surface area (Å²) in [5.74, 6) is 0.217. The average molecular weight is 279 g/mol. The van der Waals surface area contributed by atoms with Crippen molar-refractivity contribution >= 4 is 22.4 Å². The first-order valence-electron chi connectivity index (χ1n) is 6.36. The Morgan fingerprint density at radius 2 is 1.95 bits per heavy atom. The number of aromatic nitrogens is 4. The van der Waals surface area contributed by atoms with Crippen LogP contribution in [0, 0.1) is 5.82 Å². The highest BCUT2D eigenvalue weighted by atomic mass is 19.1. The van der Waals surface area contributed by atoms with Gasteiger partial charge in [-0.3, -0.25) is 4.98 Å². The van der Waals surface area contributed by atoms with Crippen LogP contribution < -0.4 is 5.73 Å². The lowest BCUT2D eigenvalue weighted by Gasteiger charge is -2.02. The average Bonchev–Trinajstić information content (AvgIpc) is 2.92. The fourth-order valence-corrected chi connectivity index (χ4v) is 2.36. The molecule has 2 N–H and O–H groups in total. The molecule has 0 bridgehead atoms. The summed E-state index contributed by atoms with van der Waals surface area (Å²) < 4.78 is 14.9. The van der Waals surface area contributed by atoms with Gasteiger partial charge in [0.25, 0.3) is 0 Å². The molecule has 3 aromatic heterocycles. The van der Waals surface area contributed by atoms with Crippen LogP contribution in [0.2, 0.25) is 0 Å². The van der Waals surface area contributed by atoms with E-state index >= 15 is 0 Å². The Bertz CT molecular complexity index is 976. The van der Waals surface area contributed by atoms with Crippen molar-refractivity contribution in [1.82, 2.24) is 19.6 Å². The molecule has 0 atom stereocenters. The van der Waals surface area contributed by atoms with Crippen LogP contribution in [0.3, 0.4) is 0 Å². The second-order valence-electron chi connectivity index (χ2n) is 4.72. The molecule has 0 aliphatic carbocycles. The van der Waals surface area contributed by atoms with Crippen molar-refractivity contribution in [3.05, 3.63) is 54.7 Å². The molecule has 21 heavy (non-hydrogen) atoms. The van der Waals surface area contributed by atoms with Crippen LogP contribution in [-0.4, -0.2) is 19.6 Å². The Morgan fingerprint density at radius 1 is 1.05 bits per heavy atom. The molecule has 102 valence electrons. The number of benzene rings is 1. The minimum absolute atomic E-state index is 0.288. The van der Waals surface area contributed by atoms with Gasteiger partial charge in [-0.1, -0.05) is 0 Å². The maximum absolute atomic E-state index is 13.3. The highest BCUT2D eigenvalue weighted by Gasteiger charge is 2.10. The number of fused-ring (bicyclic) bond motifs is 2. The first-order valence-corrected chi connectivity index (χ1v) is 6.36. The van der Waals surface area contributed by atoms with E-state index in [9.17, 15) is 4.39 Å². The standard InChI is InChI=1S/C15H10FN5/c16-11-1-2-13-9(6-11)5-10(7-19-13)12-8-20-21-14(17)3-4-18-15(12)21/h1-8H,17H2. The number of hydrogen-bond acceptors (Lipinski definition) is 4. The Hall–Kier alpha value is -3.02. The number of anilines is 1. The van der Waals surface area contributed by atoms with Gasteiger partial charge in [-0.15, -0.1) is 0 Å². The summed E-state index contributed by atoms with van der Waals surface area (Å²) >= 11 is 0. The van der Waals surface area contributed by atoms with Crippen LogP contribution in [-0.2, 0) is 0 Å². The molecule has 6 heteroatoms. The van der Waals surface area contributed by atoms with E-state index in [1.807, 2.05) is 6.07 Å². The normalized spacial score (nSPS) is 11.3. The van der Waals surface area contributed by atoms with Crippen LogP contribution in [0.25, 0.3) is 27.7 Å². The van der Waals surface area contributed by atoms with Gasteiger partial charge in [0.15, 0.2) is 5.65 Å². The van der Waals surface area contributed by atoms with Gasteiger partial charge in [0.1, 0.15) is 11.6 Å². The van der Waals surface area contributed by atoms with Crippen LogP contribution in [0.5, 0.6) is 0 Å². The van der Waals surface area contributed by atoms with Crippen molar-refractivity contribution in [2.75, 3.05) is 5.73 Å². The van der Waals surface area contributed by atoms with Crippen LogP contribution in [0.1, 0.15) is 0 Å². The zero-order chi connectivity index (χ0) is 14.4. The third-order valence-electron chi connectivity index (χ3n) is 3.38. The molecule has 0 unspecified atom stereocenters. The second-order valence-corrected chi connectivity index (χ2v) is 4.72. The topological polar surface area (TPSA) is 69.1 Å². The molecular weight excluding hydrogens is 269 g/mol. The Balaban J connectivity index is 1.98. The van der Waals surface area contributed by atoms with Crippen molar-refractivity contribution in [2.45, 2.75) is 0 Å². The van der Waals surface area contributed by atoms with E-state index < -0.39 is 0 Å². The summed E-state index contributed by atoms with van der Waals surface area (Å²) in [6, 6.07) is 8.05. The number of halogens is 1. The molecule has 0 fully saturated rings. The van der Waals surface area contributed by atoms with Crippen LogP contribution >= 0.6 is 0 Å². The van der Waals surface area contributed by atoms with E-state index in [0.29, 0.717) is 11.5 Å². The molecule has 0 saturated carbocycles. The van der Waals surface area contributed by atoms with Crippen LogP contribution in [0.4, 0.5) is 10.2 Å². The fourth-order valence-electron chi connectivity index (χ4n) is 2.36. The molecule has 1 aromatic carbocycles. The second kappa shape index (κ2) is 4.24. The summed E-state index contributed by atoms with van der Waals surface area (Å²) in [5, 5.41) is 4.95. The van der Waals surface area contributed by atoms with Gasteiger partial charge < -0.3 is 5.73 Å². The predicted molar refractivity (Wildman–Crippen MR) is 78.1 cm³/mol. The van der Waals surface area contributed by atoms with Crippen LogP contribution in [0.15, 0.2) is 48.9 Å². The molecule has 3 heterocycles. The third-order valence-corrected chi connectivity index (χ3v) is 3.38. The van der Waals surface area contributed by atoms with Crippen molar-refractivity contribution in [3.8, 4) is 11.1 Å². The molecule has 0 aliphatic heterocycles. The van der Waals surface area contributed by atoms with Gasteiger partial charge in [0.05, 0.1) is 11.7 Å². The number of rotatable bonds is 1. The molecule has 0 radical (unpaired) electrons. The minimum atomic E-state index is -0.288. The van der Waals surface area contributed by atoms with E-state index in [-0.39, 0.29) is 5.82 Å². The SMILES string of the molecule is Nc1ccnc2c(-c3cnc4ccc(F)cc4c3)cnn12. The highest BCUT2D eigenvalue weighted by molar-refractivity contribution is 5.86. The summed E-state index contributed by atoms with van der Waals surface area (Å²) in [6.45, 7) is 0. The summed E-state index contributed by atoms with van der Waals surface area (Å²) in [6.07, 6.45) is 5.03. The first-order chi connectivity index (χ1) is 10.2. The van der Waals surface area contributed by atoms with Gasteiger partial charge in [-0.2, -0.15) is 9.61 Å². The van der Waals surface area contributed by atoms with E-state index in [1.54, 1.807) is 35.2 Å². The highest BCUT2D eigenvalue weighted by Crippen LogP contribution is 2.26. The summed E-state index contributed by atoms with van der Waals surface area (Å²) in [5.41, 5.74) is 8.87. The maximum Gasteiger partial charge on any atom is 0.165 e. The minimum Gasteiger partial charge on any atom is -0.384 e. The number of nitrogens with zero attached hydrogens (tertiary/aromatic N) is 4. The Morgan fingerprint density at radius 3 is 2.86 bits per heavy atom. The lowest BCUT2D eigenvalue weighted by Crippen LogP contribution is -1.98. The molecule has 0 saturated heterocycles. The molecule has 4 aromatic rings. The fraction of sp³-hybridized carbons (Fsp3) is 0. The quantitative estimate of drug-likeness (QED) is 0.581. The summed E-state index contributed by atoms with van der Waals surface area (Å²) in [4.78, 5) is 8.64. The Labute approximate surface area is 118 Å². The van der Waals surface area contributed by atoms with Crippen molar-refractivity contribution < 1.29 is 4.39 Å². The maximum atomic E-state index is 13.3. The third kappa shape index (κ3) is 1.80. The zero-order valence-electron chi connectivity index (χ0n) is 10.9. The molecule has 0 amide bonds. The number of pyridine rings is 1. The van der Waals surface area contributed by atoms with Gasteiger partial charge >= 0.3 is 0 Å². The van der Waals surface area contributed by atoms with Crippen molar-refractivity contribution in [1.29, 1.82) is 0 Å². The molecular formula is C15H10FN5. The molecule has 5 nitrogen and oxygen atoms in total. The number of nitrogen functional groups attached to an aromatic ring is 1. The van der Waals surface area contributed by atoms with Gasteiger partial charge in [-0.25, -0.2) is 9.37 Å². The number of hydrogen-bond donors (Lipinski definition) is 1. The smallest absolute Gasteiger partial charge is 0.165 e. The van der Waals surface area contributed by atoms with E-state index in [4.69, 9.17) is 5.73 Å². The zero-order valence-corrected chi connectivity index (χ0v) is 10.9. The lowest BCUT2D eigenvalue weighted by molar-refractivity contribution is 0.629. The largest absolute Gasteiger partial charge is 0.384 e. The molecule has 0 spiro atoms. The van der Waals surface area contributed by atoms with Gasteiger partial charge in [-0.05, 0) is 30.3 Å². The van der Waals surface area contributed by atoms with Gasteiger partial charge in [0.2, 0.25) is 0 Å². The van der Waals surface area contributed by atoms with E-state index in [2.05, 4.69) is 15.1 Å². The predicted octanol–water partition coefficient (Wildman–Crippen LogP) is 2.67. The lowest BCUT2D eigenvalue weighted by atomic mass is 10.1. The van der Waals surface area contributed by atoms with E-state index in [0.717, 1.165) is 22.0 Å². The number of nitrogens with two attached hydrogens (primary N) is 1. The first kappa shape index (κ1) is 11.8. The summed E-state index contributed by atoms with van der Waals surface area (Å²) in [7, 11) is 0. The molecule has 0 aliphatic rings. The Kier molecular flexibility index (Phi) is 2.38. The van der Waals surface area contributed by atoms with Crippen molar-refractivity contribution in [3.63, 3.8) is 0 Å². The van der Waals surface area contributed by atoms with Gasteiger partial charge in [0, 0.05) is 28.9 Å². The molecule has 4 rings (SSSR count).